The maximum Gasteiger partial charge on any atom is 0.269 e. The van der Waals surface area contributed by atoms with Crippen molar-refractivity contribution in [2.45, 2.75) is 25.7 Å². The summed E-state index contributed by atoms with van der Waals surface area (Å²) in [6.07, 6.45) is 5.24. The Morgan fingerprint density at radius 1 is 1.44 bits per heavy atom. The molecule has 1 aromatic rings. The van der Waals surface area contributed by atoms with Crippen LogP contribution in [0.2, 0.25) is 0 Å². The molecule has 1 saturated carbocycles. The SMILES string of the molecule is NC(=O)c1ccc(NCCCC2CC2)nn1. The zero-order valence-corrected chi connectivity index (χ0v) is 9.15. The summed E-state index contributed by atoms with van der Waals surface area (Å²) in [7, 11) is 0. The second-order valence-electron chi connectivity index (χ2n) is 4.18. The van der Waals surface area contributed by atoms with E-state index in [1.54, 1.807) is 12.1 Å². The van der Waals surface area contributed by atoms with Crippen LogP contribution in [0.4, 0.5) is 5.82 Å². The fraction of sp³-hybridized carbons (Fsp3) is 0.545. The number of anilines is 1. The molecular weight excluding hydrogens is 204 g/mol. The molecule has 3 N–H and O–H groups in total. The number of nitrogens with one attached hydrogen (secondary N) is 1. The number of amides is 1. The fourth-order valence-corrected chi connectivity index (χ4v) is 1.57. The van der Waals surface area contributed by atoms with E-state index in [1.807, 2.05) is 0 Å². The lowest BCUT2D eigenvalue weighted by molar-refractivity contribution is 0.0994. The van der Waals surface area contributed by atoms with E-state index in [0.29, 0.717) is 5.82 Å². The first kappa shape index (κ1) is 10.9. The van der Waals surface area contributed by atoms with Crippen LogP contribution >= 0.6 is 0 Å². The van der Waals surface area contributed by atoms with Crippen molar-refractivity contribution in [2.24, 2.45) is 11.7 Å². The van der Waals surface area contributed by atoms with Gasteiger partial charge < -0.3 is 11.1 Å². The predicted molar refractivity (Wildman–Crippen MR) is 61.0 cm³/mol. The van der Waals surface area contributed by atoms with Crippen molar-refractivity contribution in [2.75, 3.05) is 11.9 Å². The standard InChI is InChI=1S/C11H16N4O/c12-11(16)9-5-6-10(15-14-9)13-7-1-2-8-3-4-8/h5-6,8H,1-4,7H2,(H2,12,16)(H,13,15). The number of nitrogens with zero attached hydrogens (tertiary/aromatic N) is 2. The van der Waals surface area contributed by atoms with Gasteiger partial charge in [-0.25, -0.2) is 0 Å². The van der Waals surface area contributed by atoms with E-state index in [2.05, 4.69) is 15.5 Å². The van der Waals surface area contributed by atoms with Gasteiger partial charge in [0.05, 0.1) is 0 Å². The highest BCUT2D eigenvalue weighted by Gasteiger charge is 2.19. The second kappa shape index (κ2) is 4.92. The van der Waals surface area contributed by atoms with Crippen molar-refractivity contribution in [3.05, 3.63) is 17.8 Å². The van der Waals surface area contributed by atoms with Gasteiger partial charge in [-0.05, 0) is 30.9 Å². The molecule has 0 unspecified atom stereocenters. The van der Waals surface area contributed by atoms with Crippen molar-refractivity contribution in [3.63, 3.8) is 0 Å². The fourth-order valence-electron chi connectivity index (χ4n) is 1.57. The molecule has 1 fully saturated rings. The molecular formula is C11H16N4O. The van der Waals surface area contributed by atoms with E-state index in [1.165, 1.54) is 19.3 Å². The summed E-state index contributed by atoms with van der Waals surface area (Å²) in [4.78, 5) is 10.8. The molecule has 0 saturated heterocycles. The summed E-state index contributed by atoms with van der Waals surface area (Å²) in [5, 5.41) is 10.8. The summed E-state index contributed by atoms with van der Waals surface area (Å²) in [6.45, 7) is 0.904. The Kier molecular flexibility index (Phi) is 3.34. The monoisotopic (exact) mass is 220 g/mol. The van der Waals surface area contributed by atoms with Gasteiger partial charge in [0.15, 0.2) is 5.69 Å². The molecule has 1 aliphatic rings. The molecule has 0 bridgehead atoms. The van der Waals surface area contributed by atoms with Gasteiger partial charge in [0, 0.05) is 6.54 Å². The number of primary amides is 1. The smallest absolute Gasteiger partial charge is 0.269 e. The van der Waals surface area contributed by atoms with Crippen LogP contribution in [0, 0.1) is 5.92 Å². The van der Waals surface area contributed by atoms with Gasteiger partial charge in [-0.3, -0.25) is 4.79 Å². The Hall–Kier alpha value is -1.65. The lowest BCUT2D eigenvalue weighted by Gasteiger charge is -2.04. The second-order valence-corrected chi connectivity index (χ2v) is 4.18. The predicted octanol–water partition coefficient (Wildman–Crippen LogP) is 1.18. The molecule has 0 atom stereocenters. The molecule has 0 aliphatic heterocycles. The van der Waals surface area contributed by atoms with Crippen molar-refractivity contribution in [1.82, 2.24) is 10.2 Å². The lowest BCUT2D eigenvalue weighted by atomic mass is 10.2. The highest BCUT2D eigenvalue weighted by atomic mass is 16.1. The summed E-state index contributed by atoms with van der Waals surface area (Å²) in [5.41, 5.74) is 5.26. The molecule has 0 aromatic carbocycles. The maximum absolute atomic E-state index is 10.8. The number of carbonyl (C=O) groups excluding carboxylic acids is 1. The molecule has 1 aromatic heterocycles. The Morgan fingerprint density at radius 3 is 2.81 bits per heavy atom. The third kappa shape index (κ3) is 3.18. The van der Waals surface area contributed by atoms with Crippen LogP contribution in [-0.2, 0) is 0 Å². The first-order valence-corrected chi connectivity index (χ1v) is 5.63. The minimum atomic E-state index is -0.548. The number of hydrogen-bond donors (Lipinski definition) is 2. The summed E-state index contributed by atoms with van der Waals surface area (Å²) >= 11 is 0. The average molecular weight is 220 g/mol. The molecule has 0 spiro atoms. The largest absolute Gasteiger partial charge is 0.369 e. The number of hydrogen-bond acceptors (Lipinski definition) is 4. The van der Waals surface area contributed by atoms with Gasteiger partial charge in [-0.2, -0.15) is 0 Å². The topological polar surface area (TPSA) is 80.9 Å². The van der Waals surface area contributed by atoms with Crippen LogP contribution in [0.3, 0.4) is 0 Å². The minimum absolute atomic E-state index is 0.198. The molecule has 5 heteroatoms. The van der Waals surface area contributed by atoms with Crippen LogP contribution in [0.5, 0.6) is 0 Å². The first-order chi connectivity index (χ1) is 7.75. The van der Waals surface area contributed by atoms with E-state index in [-0.39, 0.29) is 5.69 Å². The van der Waals surface area contributed by atoms with E-state index < -0.39 is 5.91 Å². The summed E-state index contributed by atoms with van der Waals surface area (Å²) < 4.78 is 0. The Morgan fingerprint density at radius 2 is 2.25 bits per heavy atom. The van der Waals surface area contributed by atoms with Crippen molar-refractivity contribution >= 4 is 11.7 Å². The first-order valence-electron chi connectivity index (χ1n) is 5.63. The van der Waals surface area contributed by atoms with Crippen molar-refractivity contribution in [1.29, 1.82) is 0 Å². The van der Waals surface area contributed by atoms with Crippen LogP contribution in [0.15, 0.2) is 12.1 Å². The molecule has 1 aliphatic carbocycles. The zero-order chi connectivity index (χ0) is 11.4. The van der Waals surface area contributed by atoms with E-state index in [4.69, 9.17) is 5.73 Å². The van der Waals surface area contributed by atoms with E-state index in [9.17, 15) is 4.79 Å². The number of aromatic nitrogens is 2. The molecule has 5 nitrogen and oxygen atoms in total. The zero-order valence-electron chi connectivity index (χ0n) is 9.15. The molecule has 1 heterocycles. The van der Waals surface area contributed by atoms with Crippen LogP contribution in [0.1, 0.15) is 36.2 Å². The third-order valence-corrected chi connectivity index (χ3v) is 2.71. The summed E-state index contributed by atoms with van der Waals surface area (Å²) in [6, 6.07) is 3.31. The molecule has 1 amide bonds. The Bertz CT molecular complexity index is 359. The third-order valence-electron chi connectivity index (χ3n) is 2.71. The van der Waals surface area contributed by atoms with Gasteiger partial charge in [-0.1, -0.05) is 12.8 Å². The van der Waals surface area contributed by atoms with Crippen LogP contribution in [-0.4, -0.2) is 22.6 Å². The molecule has 86 valence electrons. The Balaban J connectivity index is 1.73. The Labute approximate surface area is 94.4 Å². The normalized spacial score (nSPS) is 14.8. The minimum Gasteiger partial charge on any atom is -0.369 e. The van der Waals surface area contributed by atoms with Crippen LogP contribution in [0.25, 0.3) is 0 Å². The molecule has 2 rings (SSSR count). The van der Waals surface area contributed by atoms with Gasteiger partial charge in [0.25, 0.3) is 5.91 Å². The molecule has 16 heavy (non-hydrogen) atoms. The number of nitrogens with two attached hydrogens (primary N) is 1. The highest BCUT2D eigenvalue weighted by Crippen LogP contribution is 2.33. The van der Waals surface area contributed by atoms with Gasteiger partial charge >= 0.3 is 0 Å². The highest BCUT2D eigenvalue weighted by molar-refractivity contribution is 5.90. The lowest BCUT2D eigenvalue weighted by Crippen LogP contribution is -2.14. The van der Waals surface area contributed by atoms with Crippen molar-refractivity contribution in [3.8, 4) is 0 Å². The quantitative estimate of drug-likeness (QED) is 0.705. The van der Waals surface area contributed by atoms with Gasteiger partial charge in [-0.15, -0.1) is 10.2 Å². The van der Waals surface area contributed by atoms with E-state index in [0.717, 1.165) is 18.9 Å². The maximum atomic E-state index is 10.8. The molecule has 0 radical (unpaired) electrons. The van der Waals surface area contributed by atoms with Crippen LogP contribution < -0.4 is 11.1 Å². The van der Waals surface area contributed by atoms with Crippen molar-refractivity contribution < 1.29 is 4.79 Å². The van der Waals surface area contributed by atoms with Gasteiger partial charge in [0.1, 0.15) is 5.82 Å². The van der Waals surface area contributed by atoms with Gasteiger partial charge in [0.2, 0.25) is 0 Å². The number of rotatable bonds is 6. The average Bonchev–Trinajstić information content (AvgIpc) is 3.09. The van der Waals surface area contributed by atoms with E-state index >= 15 is 0 Å². The summed E-state index contributed by atoms with van der Waals surface area (Å²) in [5.74, 6) is 1.11. The number of carbonyl (C=O) groups is 1.